The molecule has 2 aromatic heterocycles. The van der Waals surface area contributed by atoms with Crippen molar-refractivity contribution in [2.75, 3.05) is 114 Å². The van der Waals surface area contributed by atoms with Crippen LogP contribution in [0.25, 0.3) is 0 Å². The van der Waals surface area contributed by atoms with Gasteiger partial charge in [-0.15, -0.1) is 0 Å². The van der Waals surface area contributed by atoms with E-state index in [4.69, 9.17) is 40.3 Å². The lowest BCUT2D eigenvalue weighted by Gasteiger charge is -2.35. The molecule has 4 aromatic carbocycles. The van der Waals surface area contributed by atoms with Crippen LogP contribution in [0.15, 0.2) is 109 Å². The molecule has 1 saturated heterocycles. The van der Waals surface area contributed by atoms with Gasteiger partial charge in [0, 0.05) is 71.0 Å². The Balaban J connectivity index is 0.695. The Hall–Kier alpha value is -5.89. The van der Waals surface area contributed by atoms with Gasteiger partial charge in [-0.1, -0.05) is 95.7 Å². The summed E-state index contributed by atoms with van der Waals surface area (Å²) in [6.45, 7) is 14.1. The molecule has 1 amide bonds. The molecule has 3 heterocycles. The molecule has 5 N–H and O–H groups in total. The molecule has 1 aliphatic heterocycles. The van der Waals surface area contributed by atoms with Crippen molar-refractivity contribution < 1.29 is 33.6 Å². The lowest BCUT2D eigenvalue weighted by molar-refractivity contribution is 0.0479. The normalized spacial score (nSPS) is 13.2. The maximum atomic E-state index is 12.9. The van der Waals surface area contributed by atoms with Crippen LogP contribution in [0.3, 0.4) is 0 Å². The summed E-state index contributed by atoms with van der Waals surface area (Å²) in [4.78, 5) is 31.8. The summed E-state index contributed by atoms with van der Waals surface area (Å²) in [5.74, 6) is 3.71. The largest absolute Gasteiger partial charge is 0.491 e. The van der Waals surface area contributed by atoms with Crippen molar-refractivity contribution in [3.05, 3.63) is 142 Å². The van der Waals surface area contributed by atoms with E-state index in [-0.39, 0.29) is 12.5 Å². The van der Waals surface area contributed by atoms with Crippen LogP contribution < -0.4 is 40.4 Å². The molecule has 1 aliphatic rings. The number of amides is 1. The number of nitrogens with zero attached hydrogens (tertiary/aromatic N) is 5. The number of benzene rings is 4. The van der Waals surface area contributed by atoms with E-state index in [0.717, 1.165) is 75.6 Å². The zero-order valence-electron chi connectivity index (χ0n) is 40.6. The highest BCUT2D eigenvalue weighted by atomic mass is 35.5. The molecule has 0 bridgehead atoms. The van der Waals surface area contributed by atoms with Gasteiger partial charge < -0.3 is 55.0 Å². The van der Waals surface area contributed by atoms with Gasteiger partial charge in [0.15, 0.2) is 16.6 Å². The van der Waals surface area contributed by atoms with Crippen LogP contribution in [0.5, 0.6) is 17.2 Å². The van der Waals surface area contributed by atoms with Gasteiger partial charge in [0.25, 0.3) is 5.91 Å². The molecular weight excluding hydrogens is 942 g/mol. The van der Waals surface area contributed by atoms with Gasteiger partial charge in [0.1, 0.15) is 47.4 Å². The predicted octanol–water partition coefficient (Wildman–Crippen LogP) is 7.56. The molecule has 6 aromatic rings. The number of anilines is 4. The number of carbonyl (C=O) groups excluding carboxylic acids is 1. The Bertz CT molecular complexity index is 2500. The van der Waals surface area contributed by atoms with E-state index in [1.54, 1.807) is 12.3 Å². The van der Waals surface area contributed by atoms with Crippen LogP contribution in [0, 0.1) is 13.8 Å². The van der Waals surface area contributed by atoms with E-state index in [2.05, 4.69) is 53.2 Å². The average molecular weight is 1010 g/mol. The number of nitrogens with one attached hydrogen (secondary N) is 4. The minimum absolute atomic E-state index is 0.127. The smallest absolute Gasteiger partial charge is 0.267 e. The predicted molar refractivity (Wildman–Crippen MR) is 281 cm³/mol. The summed E-state index contributed by atoms with van der Waals surface area (Å²) in [5.41, 5.74) is 3.82. The third kappa shape index (κ3) is 18.0. The average Bonchev–Trinajstić information content (AvgIpc) is 3.86. The number of thiazole rings is 1. The van der Waals surface area contributed by atoms with E-state index in [9.17, 15) is 9.90 Å². The van der Waals surface area contributed by atoms with Gasteiger partial charge in [-0.2, -0.15) is 0 Å². The number of para-hydroxylation sites is 1. The molecule has 7 rings (SSSR count). The first-order chi connectivity index (χ1) is 34.8. The number of aliphatic hydroxyl groups excluding tert-OH is 1. The highest BCUT2D eigenvalue weighted by molar-refractivity contribution is 7.17. The third-order valence-corrected chi connectivity index (χ3v) is 12.7. The topological polar surface area (TPSA) is 177 Å². The summed E-state index contributed by atoms with van der Waals surface area (Å²) < 4.78 is 29.7. The summed E-state index contributed by atoms with van der Waals surface area (Å²) in [6, 6.07) is 33.3. The van der Waals surface area contributed by atoms with Gasteiger partial charge in [0.05, 0.1) is 49.9 Å². The van der Waals surface area contributed by atoms with E-state index in [1.807, 2.05) is 98.8 Å². The summed E-state index contributed by atoms with van der Waals surface area (Å²) in [5, 5.41) is 24.5. The molecule has 0 saturated carbocycles. The maximum absolute atomic E-state index is 12.9. The number of hydrogen-bond donors (Lipinski definition) is 5. The van der Waals surface area contributed by atoms with Crippen LogP contribution in [-0.2, 0) is 22.5 Å². The van der Waals surface area contributed by atoms with Crippen molar-refractivity contribution in [2.24, 2.45) is 0 Å². The van der Waals surface area contributed by atoms with Crippen LogP contribution >= 0.6 is 22.9 Å². The lowest BCUT2D eigenvalue weighted by Crippen LogP contribution is -2.48. The Morgan fingerprint density at radius 1 is 0.775 bits per heavy atom. The number of carbonyl (C=O) groups is 1. The fourth-order valence-electron chi connectivity index (χ4n) is 7.63. The number of ether oxygens (including phenoxy) is 5. The van der Waals surface area contributed by atoms with Gasteiger partial charge in [-0.3, -0.25) is 9.69 Å². The molecule has 378 valence electrons. The summed E-state index contributed by atoms with van der Waals surface area (Å²) in [7, 11) is 0. The molecule has 71 heavy (non-hydrogen) atoms. The first-order valence-electron chi connectivity index (χ1n) is 24.2. The first kappa shape index (κ1) is 52.9. The van der Waals surface area contributed by atoms with Crippen LogP contribution in [0.4, 0.5) is 22.5 Å². The Kier molecular flexibility index (Phi) is 21.5. The van der Waals surface area contributed by atoms with E-state index in [1.165, 1.54) is 16.9 Å². The van der Waals surface area contributed by atoms with Crippen LogP contribution in [-0.4, -0.2) is 136 Å². The van der Waals surface area contributed by atoms with Crippen molar-refractivity contribution in [1.82, 2.24) is 30.5 Å². The molecule has 1 atom stereocenters. The fraction of sp³-hybridized carbons (Fsp3) is 0.396. The standard InChI is InChI=1S/C53H66ClN9O7S/c1-39-11-9-17-45(54)51(39)61-52(65)48-36-57-53(71-48)60-49-34-50(59-40(2)58-49)63-26-24-62(25-27-63)23-20-55-21-29-66-31-32-67-30-22-56-35-43(64)38-69-44-18-19-46(70-37-42-14-7-4-8-15-42)47(33-44)68-28-10-16-41-12-5-3-6-13-41/h3-9,11-15,17-19,33-34,36,43,55-56,64H,10,16,20-32,35,37-38H2,1-2H3,(H,61,65)(H,57,58,59,60)/t43-/m1/s1. The molecule has 0 spiro atoms. The molecular formula is C53H66ClN9O7S. The number of rotatable bonds is 30. The zero-order chi connectivity index (χ0) is 49.5. The van der Waals surface area contributed by atoms with Crippen molar-refractivity contribution in [3.63, 3.8) is 0 Å². The Morgan fingerprint density at radius 2 is 1.52 bits per heavy atom. The molecule has 1 fully saturated rings. The SMILES string of the molecule is Cc1nc(Nc2ncc(C(=O)Nc3c(C)cccc3Cl)s2)cc(N2CCN(CCNCCOCCOCCNC[C@@H](O)COc3ccc(OCc4ccccc4)c(OCCCc4ccccc4)c3)CC2)n1. The highest BCUT2D eigenvalue weighted by Crippen LogP contribution is 2.33. The molecule has 0 radical (unpaired) electrons. The lowest BCUT2D eigenvalue weighted by atomic mass is 10.1. The van der Waals surface area contributed by atoms with E-state index >= 15 is 0 Å². The third-order valence-electron chi connectivity index (χ3n) is 11.5. The Labute approximate surface area is 426 Å². The number of piperazine rings is 1. The maximum Gasteiger partial charge on any atom is 0.267 e. The van der Waals surface area contributed by atoms with Gasteiger partial charge >= 0.3 is 0 Å². The van der Waals surface area contributed by atoms with Crippen LogP contribution in [0.1, 0.15) is 38.6 Å². The first-order valence-corrected chi connectivity index (χ1v) is 25.4. The fourth-order valence-corrected chi connectivity index (χ4v) is 8.62. The molecule has 18 heteroatoms. The van der Waals surface area contributed by atoms with Crippen molar-refractivity contribution in [2.45, 2.75) is 39.4 Å². The second-order valence-corrected chi connectivity index (χ2v) is 18.4. The Morgan fingerprint density at radius 3 is 2.28 bits per heavy atom. The zero-order valence-corrected chi connectivity index (χ0v) is 42.2. The second-order valence-electron chi connectivity index (χ2n) is 17.0. The van der Waals surface area contributed by atoms with Crippen molar-refractivity contribution >= 4 is 51.3 Å². The number of hydrogen-bond acceptors (Lipinski definition) is 16. The van der Waals surface area contributed by atoms with E-state index < -0.39 is 6.10 Å². The van der Waals surface area contributed by atoms with Crippen LogP contribution in [0.2, 0.25) is 5.02 Å². The minimum Gasteiger partial charge on any atom is -0.491 e. The highest BCUT2D eigenvalue weighted by Gasteiger charge is 2.20. The van der Waals surface area contributed by atoms with Gasteiger partial charge in [0.2, 0.25) is 0 Å². The van der Waals surface area contributed by atoms with E-state index in [0.29, 0.717) is 102 Å². The number of aryl methyl sites for hydroxylation is 3. The number of halogens is 1. The monoisotopic (exact) mass is 1010 g/mol. The quantitative estimate of drug-likeness (QED) is 0.0279. The number of aromatic nitrogens is 3. The second kappa shape index (κ2) is 28.8. The van der Waals surface area contributed by atoms with Gasteiger partial charge in [-0.05, 0) is 61.6 Å². The van der Waals surface area contributed by atoms with Crippen molar-refractivity contribution in [1.29, 1.82) is 0 Å². The minimum atomic E-state index is -0.702. The van der Waals surface area contributed by atoms with Gasteiger partial charge in [-0.25, -0.2) is 15.0 Å². The molecule has 16 nitrogen and oxygen atoms in total. The summed E-state index contributed by atoms with van der Waals surface area (Å²) >= 11 is 7.55. The van der Waals surface area contributed by atoms with Crippen molar-refractivity contribution in [3.8, 4) is 17.2 Å². The number of aliphatic hydroxyl groups is 1. The summed E-state index contributed by atoms with van der Waals surface area (Å²) in [6.07, 6.45) is 2.62. The molecule has 0 unspecified atom stereocenters. The molecule has 0 aliphatic carbocycles.